The average molecular weight is 383 g/mol. The summed E-state index contributed by atoms with van der Waals surface area (Å²) < 4.78 is -0.621. The Morgan fingerprint density at radius 3 is 2.52 bits per heavy atom. The molecule has 0 aliphatic carbocycles. The van der Waals surface area contributed by atoms with E-state index in [1.54, 1.807) is 23.7 Å². The molecule has 0 aliphatic rings. The molecule has 27 heavy (non-hydrogen) atoms. The van der Waals surface area contributed by atoms with Crippen molar-refractivity contribution in [2.75, 3.05) is 13.7 Å². The predicted octanol–water partition coefficient (Wildman–Crippen LogP) is 4.10. The van der Waals surface area contributed by atoms with Gasteiger partial charge >= 0.3 is 0 Å². The van der Waals surface area contributed by atoms with Gasteiger partial charge in [-0.1, -0.05) is 36.4 Å². The average Bonchev–Trinajstić information content (AvgIpc) is 3.08. The molecule has 0 saturated heterocycles. The Balaban J connectivity index is 1.75. The van der Waals surface area contributed by atoms with Crippen LogP contribution in [0, 0.1) is 0 Å². The molecule has 0 bridgehead atoms. The van der Waals surface area contributed by atoms with Crippen LogP contribution in [0.25, 0.3) is 10.9 Å². The van der Waals surface area contributed by atoms with Gasteiger partial charge in [-0.05, 0) is 44.0 Å². The molecule has 2 N–H and O–H groups in total. The van der Waals surface area contributed by atoms with Crippen LogP contribution in [0.3, 0.4) is 0 Å². The highest BCUT2D eigenvalue weighted by molar-refractivity contribution is 8.01. The Kier molecular flexibility index (Phi) is 5.92. The topological polar surface area (TPSA) is 56.3 Å². The van der Waals surface area contributed by atoms with Crippen molar-refractivity contribution in [2.45, 2.75) is 36.0 Å². The molecular formula is C22H26N2O2S. The van der Waals surface area contributed by atoms with Crippen LogP contribution < -0.4 is 0 Å². The summed E-state index contributed by atoms with van der Waals surface area (Å²) in [6.07, 6.45) is 2.57. The Bertz CT molecular complexity index is 905. The van der Waals surface area contributed by atoms with E-state index >= 15 is 0 Å². The molecule has 0 unspecified atom stereocenters. The first-order valence-electron chi connectivity index (χ1n) is 9.09. The molecule has 1 amide bonds. The van der Waals surface area contributed by atoms with E-state index in [9.17, 15) is 9.90 Å². The molecule has 0 radical (unpaired) electrons. The molecule has 142 valence electrons. The number of aromatic amines is 1. The fraction of sp³-hybridized carbons (Fsp3) is 0.318. The van der Waals surface area contributed by atoms with Crippen molar-refractivity contribution in [3.63, 3.8) is 0 Å². The number of nitrogens with one attached hydrogen (secondary N) is 1. The SMILES string of the molecule is CN(C(=O)C(C)(C)Sc1ccccc1)[C@H](CO)Cc1c[nH]c2ccccc12. The van der Waals surface area contributed by atoms with E-state index in [4.69, 9.17) is 0 Å². The van der Waals surface area contributed by atoms with Crippen LogP contribution in [0.5, 0.6) is 0 Å². The maximum atomic E-state index is 13.1. The van der Waals surface area contributed by atoms with Crippen molar-refractivity contribution in [3.05, 3.63) is 66.4 Å². The summed E-state index contributed by atoms with van der Waals surface area (Å²) in [6.45, 7) is 3.79. The monoisotopic (exact) mass is 382 g/mol. The number of aliphatic hydroxyl groups is 1. The van der Waals surface area contributed by atoms with Gasteiger partial charge in [0.25, 0.3) is 0 Å². The van der Waals surface area contributed by atoms with Gasteiger partial charge in [-0.3, -0.25) is 4.79 Å². The van der Waals surface area contributed by atoms with Crippen molar-refractivity contribution < 1.29 is 9.90 Å². The van der Waals surface area contributed by atoms with Gasteiger partial charge < -0.3 is 15.0 Å². The zero-order valence-electron chi connectivity index (χ0n) is 16.0. The van der Waals surface area contributed by atoms with Crippen molar-refractivity contribution in [1.29, 1.82) is 0 Å². The molecule has 2 aromatic carbocycles. The fourth-order valence-electron chi connectivity index (χ4n) is 3.30. The van der Waals surface area contributed by atoms with Gasteiger partial charge in [0.2, 0.25) is 5.91 Å². The number of benzene rings is 2. The Morgan fingerprint density at radius 1 is 1.15 bits per heavy atom. The molecule has 5 heteroatoms. The highest BCUT2D eigenvalue weighted by atomic mass is 32.2. The molecular weight excluding hydrogens is 356 g/mol. The smallest absolute Gasteiger partial charge is 0.238 e. The van der Waals surface area contributed by atoms with Gasteiger partial charge in [0.05, 0.1) is 17.4 Å². The molecule has 3 aromatic rings. The highest BCUT2D eigenvalue weighted by Gasteiger charge is 2.34. The summed E-state index contributed by atoms with van der Waals surface area (Å²) in [6, 6.07) is 17.7. The van der Waals surface area contributed by atoms with Crippen molar-refractivity contribution in [3.8, 4) is 0 Å². The Hall–Kier alpha value is -2.24. The normalized spacial score (nSPS) is 12.9. The summed E-state index contributed by atoms with van der Waals surface area (Å²) in [5, 5.41) is 11.1. The first-order valence-corrected chi connectivity index (χ1v) is 9.91. The number of nitrogens with zero attached hydrogens (tertiary/aromatic N) is 1. The maximum absolute atomic E-state index is 13.1. The van der Waals surface area contributed by atoms with Gasteiger partial charge in [-0.2, -0.15) is 0 Å². The van der Waals surface area contributed by atoms with Crippen molar-refractivity contribution in [1.82, 2.24) is 9.88 Å². The number of aromatic nitrogens is 1. The highest BCUT2D eigenvalue weighted by Crippen LogP contribution is 2.34. The number of para-hydroxylation sites is 1. The second-order valence-electron chi connectivity index (χ2n) is 7.24. The van der Waals surface area contributed by atoms with E-state index in [-0.39, 0.29) is 18.6 Å². The van der Waals surface area contributed by atoms with Gasteiger partial charge in [0, 0.05) is 29.0 Å². The summed E-state index contributed by atoms with van der Waals surface area (Å²) in [4.78, 5) is 19.2. The maximum Gasteiger partial charge on any atom is 0.238 e. The lowest BCUT2D eigenvalue weighted by Crippen LogP contribution is -2.48. The first kappa shape index (κ1) is 19.5. The largest absolute Gasteiger partial charge is 0.394 e. The van der Waals surface area contributed by atoms with E-state index < -0.39 is 4.75 Å². The zero-order valence-corrected chi connectivity index (χ0v) is 16.8. The quantitative estimate of drug-likeness (QED) is 0.605. The van der Waals surface area contributed by atoms with Crippen LogP contribution >= 0.6 is 11.8 Å². The summed E-state index contributed by atoms with van der Waals surface area (Å²) in [5.41, 5.74) is 2.18. The Morgan fingerprint density at radius 2 is 1.81 bits per heavy atom. The lowest BCUT2D eigenvalue weighted by molar-refractivity contribution is -0.134. The van der Waals surface area contributed by atoms with E-state index in [0.717, 1.165) is 21.4 Å². The summed E-state index contributed by atoms with van der Waals surface area (Å²) >= 11 is 1.54. The molecule has 1 atom stereocenters. The minimum Gasteiger partial charge on any atom is -0.394 e. The number of carbonyl (C=O) groups excluding carboxylic acids is 1. The van der Waals surface area contributed by atoms with Crippen LogP contribution in [0.4, 0.5) is 0 Å². The molecule has 0 spiro atoms. The number of H-pyrrole nitrogens is 1. The number of hydrogen-bond donors (Lipinski definition) is 2. The third-order valence-corrected chi connectivity index (χ3v) is 6.03. The lowest BCUT2D eigenvalue weighted by atomic mass is 10.0. The Labute approximate surface area is 164 Å². The molecule has 0 aliphatic heterocycles. The van der Waals surface area contributed by atoms with Gasteiger partial charge in [-0.25, -0.2) is 0 Å². The first-order chi connectivity index (χ1) is 12.9. The molecule has 1 heterocycles. The number of carbonyl (C=O) groups is 1. The van der Waals surface area contributed by atoms with Crippen LogP contribution in [-0.2, 0) is 11.2 Å². The number of aliphatic hydroxyl groups excluding tert-OH is 1. The van der Waals surface area contributed by atoms with Gasteiger partial charge in [-0.15, -0.1) is 11.8 Å². The van der Waals surface area contributed by atoms with E-state index in [1.165, 1.54) is 0 Å². The molecule has 4 nitrogen and oxygen atoms in total. The van der Waals surface area contributed by atoms with Crippen LogP contribution in [-0.4, -0.2) is 45.3 Å². The molecule has 0 saturated carbocycles. The zero-order chi connectivity index (χ0) is 19.4. The van der Waals surface area contributed by atoms with Crippen LogP contribution in [0.15, 0.2) is 65.7 Å². The lowest BCUT2D eigenvalue weighted by Gasteiger charge is -2.33. The van der Waals surface area contributed by atoms with E-state index in [1.807, 2.05) is 68.6 Å². The molecule has 3 rings (SSSR count). The minimum absolute atomic E-state index is 0.00949. The summed E-state index contributed by atoms with van der Waals surface area (Å²) in [5.74, 6) is 0.00949. The predicted molar refractivity (Wildman–Crippen MR) is 112 cm³/mol. The standard InChI is InChI=1S/C22H26N2O2S/c1-22(2,27-18-9-5-4-6-10-18)21(26)24(3)17(15-25)13-16-14-23-20-12-8-7-11-19(16)20/h4-12,14,17,23,25H,13,15H2,1-3H3/t17-/m0/s1. The second kappa shape index (κ2) is 8.19. The van der Waals surface area contributed by atoms with Gasteiger partial charge in [0.15, 0.2) is 0 Å². The van der Waals surface area contributed by atoms with E-state index in [2.05, 4.69) is 11.1 Å². The number of amides is 1. The molecule has 0 fully saturated rings. The number of thioether (sulfide) groups is 1. The summed E-state index contributed by atoms with van der Waals surface area (Å²) in [7, 11) is 1.78. The number of fused-ring (bicyclic) bond motifs is 1. The van der Waals surface area contributed by atoms with Crippen LogP contribution in [0.2, 0.25) is 0 Å². The fourth-order valence-corrected chi connectivity index (χ4v) is 4.41. The third kappa shape index (κ3) is 4.37. The number of likely N-dealkylation sites (N-methyl/N-ethyl adjacent to an activating group) is 1. The van der Waals surface area contributed by atoms with Crippen LogP contribution in [0.1, 0.15) is 19.4 Å². The minimum atomic E-state index is -0.621. The van der Waals surface area contributed by atoms with Crippen molar-refractivity contribution >= 4 is 28.6 Å². The van der Waals surface area contributed by atoms with Gasteiger partial charge in [0.1, 0.15) is 0 Å². The second-order valence-corrected chi connectivity index (χ2v) is 8.94. The third-order valence-electron chi connectivity index (χ3n) is 4.84. The number of hydrogen-bond acceptors (Lipinski definition) is 3. The number of rotatable bonds is 7. The van der Waals surface area contributed by atoms with Crippen molar-refractivity contribution in [2.24, 2.45) is 0 Å². The molecule has 1 aromatic heterocycles. The van der Waals surface area contributed by atoms with E-state index in [0.29, 0.717) is 6.42 Å².